The first-order valence-electron chi connectivity index (χ1n) is 16.6. The summed E-state index contributed by atoms with van der Waals surface area (Å²) in [5.41, 5.74) is 0.228. The number of nitrogens with zero attached hydrogens (tertiary/aromatic N) is 6. The van der Waals surface area contributed by atoms with Crippen LogP contribution in [0, 0.1) is 12.3 Å². The number of likely N-dealkylation sites (tertiary alicyclic amines) is 1. The van der Waals surface area contributed by atoms with Crippen molar-refractivity contribution >= 4 is 23.6 Å². The van der Waals surface area contributed by atoms with E-state index in [4.69, 9.17) is 9.26 Å². The summed E-state index contributed by atoms with van der Waals surface area (Å²) in [5, 5.41) is 18.7. The Balaban J connectivity index is 1.22. The molecule has 0 unspecified atom stereocenters. The molecule has 1 spiro atoms. The van der Waals surface area contributed by atoms with Crippen molar-refractivity contribution in [3.05, 3.63) is 59.2 Å². The summed E-state index contributed by atoms with van der Waals surface area (Å²) in [7, 11) is 0. The monoisotopic (exact) mass is 660 g/mol. The lowest BCUT2D eigenvalue weighted by Gasteiger charge is -2.45. The molecule has 5 heterocycles. The highest BCUT2D eigenvalue weighted by Gasteiger charge is 2.45. The van der Waals surface area contributed by atoms with Gasteiger partial charge in [0, 0.05) is 26.1 Å². The Morgan fingerprint density at radius 2 is 1.85 bits per heavy atom. The largest absolute Gasteiger partial charge is 0.487 e. The van der Waals surface area contributed by atoms with Crippen LogP contribution in [0.3, 0.4) is 0 Å². The predicted molar refractivity (Wildman–Crippen MR) is 172 cm³/mol. The van der Waals surface area contributed by atoms with Gasteiger partial charge in [0.05, 0.1) is 36.4 Å². The number of amides is 4. The second-order valence-electron chi connectivity index (χ2n) is 14.4. The SMILES string of the molecule is Cc1noc2c1C(=O)NC1(CCN(C(=O)CC(C)(C)C)CC1)CC(=O)N1CC[C@H](n3cc(COc4ccccc4)nn3)C[C@H]1C(=O)NC2. The number of benzene rings is 1. The van der Waals surface area contributed by atoms with Crippen LogP contribution in [-0.2, 0) is 27.5 Å². The van der Waals surface area contributed by atoms with E-state index < -0.39 is 17.5 Å². The molecule has 14 heteroatoms. The standard InChI is InChI=1S/C34H44N8O6/c1-22-30-27(48-38-22)19-35-31(45)26-16-24(42-20-23(37-39-42)21-47-25-8-6-5-7-9-25)10-13-41(26)29(44)18-34(36-32(30)46)11-14-40(15-12-34)28(43)17-33(2,3)4/h5-9,20,24,26H,10-19,21H2,1-4H3,(H,35,45)(H,36,46)/t24-,26-/m0/s1. The molecule has 2 N–H and O–H groups in total. The smallest absolute Gasteiger partial charge is 0.257 e. The van der Waals surface area contributed by atoms with Crippen molar-refractivity contribution in [3.63, 3.8) is 0 Å². The van der Waals surface area contributed by atoms with E-state index in [0.29, 0.717) is 63.1 Å². The number of ether oxygens (including phenoxy) is 1. The fourth-order valence-electron chi connectivity index (χ4n) is 6.87. The van der Waals surface area contributed by atoms with E-state index in [9.17, 15) is 19.2 Å². The molecule has 0 saturated carbocycles. The first-order chi connectivity index (χ1) is 22.9. The maximum Gasteiger partial charge on any atom is 0.257 e. The molecule has 0 aliphatic carbocycles. The molecule has 2 fully saturated rings. The van der Waals surface area contributed by atoms with Crippen molar-refractivity contribution in [1.29, 1.82) is 0 Å². The average Bonchev–Trinajstić information content (AvgIpc) is 3.68. The van der Waals surface area contributed by atoms with Gasteiger partial charge in [-0.05, 0) is 50.2 Å². The van der Waals surface area contributed by atoms with Crippen LogP contribution in [0.1, 0.15) is 92.8 Å². The first kappa shape index (κ1) is 33.2. The summed E-state index contributed by atoms with van der Waals surface area (Å²) in [6.07, 6.45) is 3.93. The number of hydrogen-bond acceptors (Lipinski definition) is 9. The molecule has 48 heavy (non-hydrogen) atoms. The second kappa shape index (κ2) is 13.4. The van der Waals surface area contributed by atoms with E-state index in [0.717, 1.165) is 5.75 Å². The molecule has 3 aliphatic heterocycles. The Bertz CT molecular complexity index is 1650. The van der Waals surface area contributed by atoms with Gasteiger partial charge in [-0.2, -0.15) is 0 Å². The zero-order valence-electron chi connectivity index (χ0n) is 28.0. The number of fused-ring (bicyclic) bond motifs is 2. The Labute approximate surface area is 279 Å². The number of aryl methyl sites for hydroxylation is 1. The van der Waals surface area contributed by atoms with Crippen LogP contribution in [0.25, 0.3) is 0 Å². The Morgan fingerprint density at radius 3 is 2.58 bits per heavy atom. The van der Waals surface area contributed by atoms with Crippen molar-refractivity contribution in [2.24, 2.45) is 5.41 Å². The molecule has 1 aromatic carbocycles. The average molecular weight is 661 g/mol. The van der Waals surface area contributed by atoms with E-state index in [2.05, 4.69) is 26.1 Å². The number of carbonyl (C=O) groups excluding carboxylic acids is 4. The number of aromatic nitrogens is 4. The van der Waals surface area contributed by atoms with E-state index in [1.165, 1.54) is 0 Å². The summed E-state index contributed by atoms with van der Waals surface area (Å²) < 4.78 is 13.1. The summed E-state index contributed by atoms with van der Waals surface area (Å²) in [6.45, 7) is 9.08. The minimum absolute atomic E-state index is 0.00154. The highest BCUT2D eigenvalue weighted by Crippen LogP contribution is 2.33. The lowest BCUT2D eigenvalue weighted by atomic mass is 9.82. The van der Waals surface area contributed by atoms with Gasteiger partial charge in [0.15, 0.2) is 5.76 Å². The second-order valence-corrected chi connectivity index (χ2v) is 14.4. The third-order valence-corrected chi connectivity index (χ3v) is 9.47. The van der Waals surface area contributed by atoms with Gasteiger partial charge in [-0.1, -0.05) is 49.3 Å². The highest BCUT2D eigenvalue weighted by atomic mass is 16.5. The van der Waals surface area contributed by atoms with Crippen molar-refractivity contribution < 1.29 is 28.4 Å². The topological polar surface area (TPSA) is 165 Å². The van der Waals surface area contributed by atoms with Gasteiger partial charge in [-0.3, -0.25) is 19.2 Å². The number of nitrogens with one attached hydrogen (secondary N) is 2. The Kier molecular flexibility index (Phi) is 9.26. The number of carbonyl (C=O) groups is 4. The fraction of sp³-hybridized carbons (Fsp3) is 0.559. The lowest BCUT2D eigenvalue weighted by Crippen LogP contribution is -2.60. The van der Waals surface area contributed by atoms with Crippen LogP contribution in [0.4, 0.5) is 0 Å². The molecule has 0 bridgehead atoms. The van der Waals surface area contributed by atoms with Gasteiger partial charge < -0.3 is 29.7 Å². The zero-order valence-corrected chi connectivity index (χ0v) is 28.0. The summed E-state index contributed by atoms with van der Waals surface area (Å²) in [5.74, 6) is 0.0537. The predicted octanol–water partition coefficient (Wildman–Crippen LogP) is 2.93. The van der Waals surface area contributed by atoms with E-state index in [1.54, 1.807) is 16.5 Å². The fourth-order valence-corrected chi connectivity index (χ4v) is 6.87. The van der Waals surface area contributed by atoms with Crippen molar-refractivity contribution in [1.82, 2.24) is 40.6 Å². The molecule has 3 aliphatic rings. The highest BCUT2D eigenvalue weighted by molar-refractivity contribution is 5.97. The number of piperidine rings is 2. The maximum atomic E-state index is 14.2. The van der Waals surface area contributed by atoms with Crippen LogP contribution in [0.15, 0.2) is 41.1 Å². The first-order valence-corrected chi connectivity index (χ1v) is 16.6. The molecule has 0 radical (unpaired) electrons. The minimum atomic E-state index is -0.912. The van der Waals surface area contributed by atoms with E-state index >= 15 is 0 Å². The van der Waals surface area contributed by atoms with Crippen molar-refractivity contribution in [3.8, 4) is 5.75 Å². The van der Waals surface area contributed by atoms with Gasteiger partial charge >= 0.3 is 0 Å². The van der Waals surface area contributed by atoms with Crippen molar-refractivity contribution in [2.75, 3.05) is 19.6 Å². The summed E-state index contributed by atoms with van der Waals surface area (Å²) >= 11 is 0. The lowest BCUT2D eigenvalue weighted by molar-refractivity contribution is -0.145. The molecule has 2 aromatic heterocycles. The molecule has 2 saturated heterocycles. The maximum absolute atomic E-state index is 14.2. The van der Waals surface area contributed by atoms with Crippen LogP contribution in [0.2, 0.25) is 0 Å². The molecule has 256 valence electrons. The van der Waals surface area contributed by atoms with Crippen LogP contribution >= 0.6 is 0 Å². The quantitative estimate of drug-likeness (QED) is 0.419. The third kappa shape index (κ3) is 7.37. The van der Waals surface area contributed by atoms with Gasteiger partial charge in [-0.15, -0.1) is 5.10 Å². The van der Waals surface area contributed by atoms with Gasteiger partial charge in [0.1, 0.15) is 29.7 Å². The summed E-state index contributed by atoms with van der Waals surface area (Å²) in [6, 6.07) is 8.49. The number of rotatable bonds is 5. The van der Waals surface area contributed by atoms with Crippen LogP contribution in [-0.4, -0.2) is 84.8 Å². The molecule has 3 aromatic rings. The van der Waals surface area contributed by atoms with E-state index in [-0.39, 0.29) is 60.1 Å². The normalized spacial score (nSPS) is 21.8. The number of hydrogen-bond donors (Lipinski definition) is 2. The molecular weight excluding hydrogens is 616 g/mol. The van der Waals surface area contributed by atoms with Gasteiger partial charge in [-0.25, -0.2) is 4.68 Å². The van der Waals surface area contributed by atoms with Gasteiger partial charge in [0.2, 0.25) is 17.7 Å². The third-order valence-electron chi connectivity index (χ3n) is 9.47. The van der Waals surface area contributed by atoms with Crippen molar-refractivity contribution in [2.45, 2.75) is 97.0 Å². The molecule has 2 atom stereocenters. The Morgan fingerprint density at radius 1 is 1.10 bits per heavy atom. The minimum Gasteiger partial charge on any atom is -0.487 e. The molecule has 14 nitrogen and oxygen atoms in total. The van der Waals surface area contributed by atoms with Gasteiger partial charge in [0.25, 0.3) is 5.91 Å². The van der Waals surface area contributed by atoms with Crippen LogP contribution < -0.4 is 15.4 Å². The number of para-hydroxylation sites is 1. The van der Waals surface area contributed by atoms with E-state index in [1.807, 2.05) is 62.2 Å². The zero-order chi connectivity index (χ0) is 34.1. The summed E-state index contributed by atoms with van der Waals surface area (Å²) in [4.78, 5) is 58.1. The molecular formula is C34H44N8O6. The molecule has 6 rings (SSSR count). The van der Waals surface area contributed by atoms with Crippen LogP contribution in [0.5, 0.6) is 5.75 Å². The Hall–Kier alpha value is -4.75. The molecule has 4 amide bonds.